The van der Waals surface area contributed by atoms with Crippen LogP contribution in [0.1, 0.15) is 59.9 Å². The molecule has 3 rings (SSSR count). The minimum Gasteiger partial charge on any atom is -0.447 e. The van der Waals surface area contributed by atoms with E-state index in [9.17, 15) is 9.59 Å². The number of benzene rings is 1. The molecule has 1 aromatic carbocycles. The average Bonchev–Trinajstić information content (AvgIpc) is 3.19. The van der Waals surface area contributed by atoms with Crippen LogP contribution in [0.5, 0.6) is 0 Å². The predicted molar refractivity (Wildman–Crippen MR) is 110 cm³/mol. The normalized spacial score (nSPS) is 18.8. The summed E-state index contributed by atoms with van der Waals surface area (Å²) in [5.74, 6) is 0.198. The highest BCUT2D eigenvalue weighted by molar-refractivity contribution is 5.94. The second kappa shape index (κ2) is 8.63. The van der Waals surface area contributed by atoms with Gasteiger partial charge in [-0.15, -0.1) is 0 Å². The quantitative estimate of drug-likeness (QED) is 0.656. The van der Waals surface area contributed by atoms with Gasteiger partial charge in [0.1, 0.15) is 6.61 Å². The van der Waals surface area contributed by atoms with E-state index >= 15 is 0 Å². The van der Waals surface area contributed by atoms with Gasteiger partial charge in [0.15, 0.2) is 5.78 Å². The van der Waals surface area contributed by atoms with E-state index in [1.54, 1.807) is 0 Å². The van der Waals surface area contributed by atoms with Gasteiger partial charge in [-0.05, 0) is 63.6 Å². The van der Waals surface area contributed by atoms with Crippen LogP contribution in [0.25, 0.3) is 0 Å². The number of nitrogens with one attached hydrogen (secondary N) is 1. The van der Waals surface area contributed by atoms with Crippen molar-refractivity contribution >= 4 is 11.9 Å². The van der Waals surface area contributed by atoms with Crippen LogP contribution in [0.15, 0.2) is 36.4 Å². The van der Waals surface area contributed by atoms with Gasteiger partial charge in [0.2, 0.25) is 0 Å². The number of ketones is 1. The van der Waals surface area contributed by atoms with E-state index in [-0.39, 0.29) is 17.4 Å². The third kappa shape index (κ3) is 5.03. The molecule has 0 spiro atoms. The van der Waals surface area contributed by atoms with Crippen molar-refractivity contribution in [2.45, 2.75) is 57.9 Å². The Morgan fingerprint density at radius 2 is 1.89 bits per heavy atom. The second-order valence-corrected chi connectivity index (χ2v) is 8.15. The van der Waals surface area contributed by atoms with Crippen molar-refractivity contribution in [1.82, 2.24) is 9.88 Å². The van der Waals surface area contributed by atoms with Crippen LogP contribution in [0.4, 0.5) is 4.79 Å². The van der Waals surface area contributed by atoms with Gasteiger partial charge in [-0.1, -0.05) is 29.8 Å². The van der Waals surface area contributed by atoms with Crippen LogP contribution in [-0.2, 0) is 24.6 Å². The maximum Gasteiger partial charge on any atom is 0.407 e. The van der Waals surface area contributed by atoms with Crippen molar-refractivity contribution < 1.29 is 14.3 Å². The van der Waals surface area contributed by atoms with E-state index in [4.69, 9.17) is 4.74 Å². The molecule has 150 valence electrons. The Balaban J connectivity index is 1.47. The molecule has 28 heavy (non-hydrogen) atoms. The molecular formula is C23H30N2O3. The maximum atomic E-state index is 12.6. The van der Waals surface area contributed by atoms with Gasteiger partial charge in [0.05, 0.1) is 11.2 Å². The summed E-state index contributed by atoms with van der Waals surface area (Å²) in [6.07, 6.45) is 4.67. The van der Waals surface area contributed by atoms with Crippen molar-refractivity contribution in [2.24, 2.45) is 7.05 Å². The van der Waals surface area contributed by atoms with Crippen LogP contribution in [0.2, 0.25) is 0 Å². The van der Waals surface area contributed by atoms with Crippen molar-refractivity contribution in [1.29, 1.82) is 0 Å². The van der Waals surface area contributed by atoms with Crippen LogP contribution in [0, 0.1) is 6.92 Å². The summed E-state index contributed by atoms with van der Waals surface area (Å²) in [7, 11) is 1.96. The molecule has 0 radical (unpaired) electrons. The molecule has 0 aliphatic carbocycles. The number of hydrogen-bond acceptors (Lipinski definition) is 3. The van der Waals surface area contributed by atoms with E-state index < -0.39 is 0 Å². The van der Waals surface area contributed by atoms with E-state index in [2.05, 4.69) is 36.5 Å². The zero-order valence-electron chi connectivity index (χ0n) is 17.1. The van der Waals surface area contributed by atoms with Crippen LogP contribution < -0.4 is 5.32 Å². The summed E-state index contributed by atoms with van der Waals surface area (Å²) in [5.41, 5.74) is 4.19. The lowest BCUT2D eigenvalue weighted by Gasteiger charge is -2.20. The van der Waals surface area contributed by atoms with Gasteiger partial charge in [0.25, 0.3) is 0 Å². The predicted octanol–water partition coefficient (Wildman–Crippen LogP) is 4.36. The zero-order chi connectivity index (χ0) is 20.1. The minimum atomic E-state index is -0.333. The Kier molecular flexibility index (Phi) is 6.22. The number of hydrogen-bond donors (Lipinski definition) is 1. The molecule has 1 N–H and O–H groups in total. The third-order valence-electron chi connectivity index (χ3n) is 5.59. The molecule has 1 fully saturated rings. The van der Waals surface area contributed by atoms with Gasteiger partial charge >= 0.3 is 6.09 Å². The van der Waals surface area contributed by atoms with Gasteiger partial charge in [-0.2, -0.15) is 0 Å². The van der Waals surface area contributed by atoms with E-state index in [0.717, 1.165) is 43.5 Å². The maximum absolute atomic E-state index is 12.6. The molecule has 0 unspecified atom stereocenters. The number of rotatable bonds is 9. The fraction of sp³-hybridized carbons (Fsp3) is 0.478. The molecule has 1 atom stereocenters. The lowest BCUT2D eigenvalue weighted by atomic mass is 9.96. The fourth-order valence-electron chi connectivity index (χ4n) is 3.76. The van der Waals surface area contributed by atoms with E-state index in [0.29, 0.717) is 13.0 Å². The summed E-state index contributed by atoms with van der Waals surface area (Å²) < 4.78 is 7.02. The SMILES string of the molecule is Cc1ccc(CCCC(=O)c2ccc(CCC[C@]3(C)COC(=O)N3)n2C)cc1. The summed E-state index contributed by atoms with van der Waals surface area (Å²) in [4.78, 5) is 23.8. The zero-order valence-corrected chi connectivity index (χ0v) is 17.1. The van der Waals surface area contributed by atoms with Crippen molar-refractivity contribution in [3.63, 3.8) is 0 Å². The molecule has 2 aromatic rings. The lowest BCUT2D eigenvalue weighted by molar-refractivity contribution is 0.0972. The van der Waals surface area contributed by atoms with Gasteiger partial charge in [-0.25, -0.2) is 4.79 Å². The highest BCUT2D eigenvalue weighted by atomic mass is 16.6. The Morgan fingerprint density at radius 1 is 1.14 bits per heavy atom. The number of carbonyl (C=O) groups is 2. The third-order valence-corrected chi connectivity index (χ3v) is 5.59. The molecule has 1 aromatic heterocycles. The van der Waals surface area contributed by atoms with Gasteiger partial charge in [-0.3, -0.25) is 4.79 Å². The first-order valence-corrected chi connectivity index (χ1v) is 10.0. The standard InChI is InChI=1S/C23H30N2O3/c1-17-9-11-18(12-10-17)6-4-8-21(26)20-14-13-19(25(20)3)7-5-15-23(2)16-28-22(27)24-23/h9-14H,4-8,15-16H2,1-3H3,(H,24,27)/t23-/m1/s1. The molecule has 5 heteroatoms. The Labute approximate surface area is 167 Å². The Hall–Kier alpha value is -2.56. The first-order valence-electron chi connectivity index (χ1n) is 10.0. The van der Waals surface area contributed by atoms with Crippen LogP contribution in [0.3, 0.4) is 0 Å². The minimum absolute atomic E-state index is 0.198. The van der Waals surface area contributed by atoms with Crippen LogP contribution in [-0.4, -0.2) is 28.6 Å². The molecule has 0 bridgehead atoms. The number of carbonyl (C=O) groups excluding carboxylic acids is 2. The number of aryl methyl sites for hydroxylation is 3. The first kappa shape index (κ1) is 20.2. The van der Waals surface area contributed by atoms with Gasteiger partial charge < -0.3 is 14.6 Å². The van der Waals surface area contributed by atoms with E-state index in [1.807, 2.05) is 30.7 Å². The molecule has 5 nitrogen and oxygen atoms in total. The molecule has 0 saturated carbocycles. The monoisotopic (exact) mass is 382 g/mol. The second-order valence-electron chi connectivity index (χ2n) is 8.15. The molecule has 1 saturated heterocycles. The van der Waals surface area contributed by atoms with Crippen LogP contribution >= 0.6 is 0 Å². The van der Waals surface area contributed by atoms with Crippen molar-refractivity contribution in [2.75, 3.05) is 6.61 Å². The number of nitrogens with zero attached hydrogens (tertiary/aromatic N) is 1. The Bertz CT molecular complexity index is 838. The Morgan fingerprint density at radius 3 is 2.57 bits per heavy atom. The van der Waals surface area contributed by atoms with Crippen molar-refractivity contribution in [3.8, 4) is 0 Å². The number of cyclic esters (lactones) is 1. The fourth-order valence-corrected chi connectivity index (χ4v) is 3.76. The molecular weight excluding hydrogens is 352 g/mol. The average molecular weight is 383 g/mol. The largest absolute Gasteiger partial charge is 0.447 e. The molecule has 1 amide bonds. The number of aromatic nitrogens is 1. The highest BCUT2D eigenvalue weighted by Gasteiger charge is 2.34. The first-order chi connectivity index (χ1) is 13.4. The van der Waals surface area contributed by atoms with Crippen molar-refractivity contribution in [3.05, 3.63) is 58.9 Å². The van der Waals surface area contributed by atoms with Gasteiger partial charge in [0, 0.05) is 19.2 Å². The lowest BCUT2D eigenvalue weighted by Crippen LogP contribution is -2.40. The number of amides is 1. The molecule has 1 aliphatic rings. The molecule has 1 aliphatic heterocycles. The highest BCUT2D eigenvalue weighted by Crippen LogP contribution is 2.21. The summed E-state index contributed by atoms with van der Waals surface area (Å²) >= 11 is 0. The summed E-state index contributed by atoms with van der Waals surface area (Å²) in [5, 5.41) is 2.87. The smallest absolute Gasteiger partial charge is 0.407 e. The number of Topliss-reactive ketones (excluding diaryl/α,β-unsaturated/α-hetero) is 1. The topological polar surface area (TPSA) is 60.3 Å². The summed E-state index contributed by atoms with van der Waals surface area (Å²) in [6, 6.07) is 12.5. The number of ether oxygens (including phenoxy) is 1. The van der Waals surface area contributed by atoms with E-state index in [1.165, 1.54) is 11.1 Å². The number of alkyl carbamates (subject to hydrolysis) is 1. The molecule has 2 heterocycles. The summed E-state index contributed by atoms with van der Waals surface area (Å²) in [6.45, 7) is 4.51.